The maximum absolute atomic E-state index is 5.84. The molecule has 94 valence electrons. The highest BCUT2D eigenvalue weighted by Gasteiger charge is 2.13. The number of hydrogen-bond acceptors (Lipinski definition) is 5. The number of anilines is 2. The first kappa shape index (κ1) is 12.1. The fraction of sp³-hybridized carbons (Fsp3) is 0.583. The smallest absolute Gasteiger partial charge is 0.0736 e. The van der Waals surface area contributed by atoms with Crippen LogP contribution in [-0.4, -0.2) is 48.8 Å². The Morgan fingerprint density at radius 2 is 2.29 bits per heavy atom. The van der Waals surface area contributed by atoms with E-state index < -0.39 is 0 Å². The molecule has 1 aromatic rings. The first-order valence-corrected chi connectivity index (χ1v) is 6.02. The van der Waals surface area contributed by atoms with Gasteiger partial charge in [-0.2, -0.15) is 0 Å². The standard InChI is InChI=1S/C12H20N4O/c1-10(9-16-4-6-17-7-5-16)15-12-2-3-14-8-11(12)13/h2-3,8,10H,4-7,9,13H2,1H3,(H,14,15). The second kappa shape index (κ2) is 5.84. The fourth-order valence-electron chi connectivity index (χ4n) is 2.02. The minimum atomic E-state index is 0.359. The summed E-state index contributed by atoms with van der Waals surface area (Å²) < 4.78 is 5.33. The van der Waals surface area contributed by atoms with Gasteiger partial charge in [-0.1, -0.05) is 0 Å². The normalized spacial score (nSPS) is 18.9. The van der Waals surface area contributed by atoms with E-state index >= 15 is 0 Å². The Morgan fingerprint density at radius 3 is 3.00 bits per heavy atom. The van der Waals surface area contributed by atoms with Crippen molar-refractivity contribution in [2.24, 2.45) is 0 Å². The SMILES string of the molecule is CC(CN1CCOCC1)Nc1ccncc1N. The molecule has 1 saturated heterocycles. The molecular formula is C12H20N4O. The molecule has 3 N–H and O–H groups in total. The molecule has 1 aliphatic rings. The molecule has 0 aliphatic carbocycles. The minimum absolute atomic E-state index is 0.359. The zero-order valence-corrected chi connectivity index (χ0v) is 10.2. The molecule has 0 aromatic carbocycles. The molecule has 5 nitrogen and oxygen atoms in total. The molecule has 1 aromatic heterocycles. The zero-order valence-electron chi connectivity index (χ0n) is 10.2. The van der Waals surface area contributed by atoms with E-state index in [2.05, 4.69) is 22.1 Å². The average Bonchev–Trinajstić information content (AvgIpc) is 2.33. The van der Waals surface area contributed by atoms with Crippen LogP contribution in [0.1, 0.15) is 6.92 Å². The molecule has 1 unspecified atom stereocenters. The highest BCUT2D eigenvalue weighted by Crippen LogP contribution is 2.16. The van der Waals surface area contributed by atoms with Crippen molar-refractivity contribution in [2.45, 2.75) is 13.0 Å². The minimum Gasteiger partial charge on any atom is -0.396 e. The van der Waals surface area contributed by atoms with Crippen LogP contribution in [0.3, 0.4) is 0 Å². The van der Waals surface area contributed by atoms with Gasteiger partial charge < -0.3 is 15.8 Å². The Bertz CT molecular complexity index is 352. The summed E-state index contributed by atoms with van der Waals surface area (Å²) >= 11 is 0. The first-order chi connectivity index (χ1) is 8.25. The van der Waals surface area contributed by atoms with Crippen LogP contribution >= 0.6 is 0 Å². The number of pyridine rings is 1. The summed E-state index contributed by atoms with van der Waals surface area (Å²) in [6.07, 6.45) is 3.42. The Morgan fingerprint density at radius 1 is 1.53 bits per heavy atom. The molecule has 0 radical (unpaired) electrons. The monoisotopic (exact) mass is 236 g/mol. The van der Waals surface area contributed by atoms with Crippen molar-refractivity contribution in [3.8, 4) is 0 Å². The maximum atomic E-state index is 5.84. The van der Waals surface area contributed by atoms with Crippen molar-refractivity contribution in [3.05, 3.63) is 18.5 Å². The lowest BCUT2D eigenvalue weighted by Gasteiger charge is -2.29. The maximum Gasteiger partial charge on any atom is 0.0736 e. The highest BCUT2D eigenvalue weighted by molar-refractivity contribution is 5.64. The van der Waals surface area contributed by atoms with Crippen molar-refractivity contribution in [2.75, 3.05) is 43.9 Å². The second-order valence-corrected chi connectivity index (χ2v) is 4.42. The van der Waals surface area contributed by atoms with Gasteiger partial charge >= 0.3 is 0 Å². The van der Waals surface area contributed by atoms with Gasteiger partial charge in [-0.05, 0) is 13.0 Å². The molecule has 2 heterocycles. The van der Waals surface area contributed by atoms with E-state index in [9.17, 15) is 0 Å². The van der Waals surface area contributed by atoms with Crippen molar-refractivity contribution in [1.82, 2.24) is 9.88 Å². The summed E-state index contributed by atoms with van der Waals surface area (Å²) in [5.41, 5.74) is 7.50. The lowest BCUT2D eigenvalue weighted by atomic mass is 10.2. The first-order valence-electron chi connectivity index (χ1n) is 6.02. The van der Waals surface area contributed by atoms with Crippen LogP contribution in [-0.2, 0) is 4.74 Å². The van der Waals surface area contributed by atoms with E-state index in [1.807, 2.05) is 6.07 Å². The molecule has 5 heteroatoms. The molecular weight excluding hydrogens is 216 g/mol. The molecule has 0 amide bonds. The summed E-state index contributed by atoms with van der Waals surface area (Å²) in [6.45, 7) is 6.87. The van der Waals surface area contributed by atoms with Crippen LogP contribution in [0, 0.1) is 0 Å². The zero-order chi connectivity index (χ0) is 12.1. The number of aromatic nitrogens is 1. The van der Waals surface area contributed by atoms with E-state index in [4.69, 9.17) is 10.5 Å². The van der Waals surface area contributed by atoms with Gasteiger partial charge in [0.25, 0.3) is 0 Å². The Balaban J connectivity index is 1.84. The Hall–Kier alpha value is -1.33. The van der Waals surface area contributed by atoms with Gasteiger partial charge in [0.15, 0.2) is 0 Å². The van der Waals surface area contributed by atoms with Crippen molar-refractivity contribution < 1.29 is 4.74 Å². The van der Waals surface area contributed by atoms with Gasteiger partial charge in [0.05, 0.1) is 30.8 Å². The van der Waals surface area contributed by atoms with Crippen molar-refractivity contribution in [1.29, 1.82) is 0 Å². The molecule has 17 heavy (non-hydrogen) atoms. The third-order valence-electron chi connectivity index (χ3n) is 2.89. The molecule has 0 bridgehead atoms. The van der Waals surface area contributed by atoms with Gasteiger partial charge in [-0.25, -0.2) is 0 Å². The van der Waals surface area contributed by atoms with Crippen LogP contribution in [0.4, 0.5) is 11.4 Å². The van der Waals surface area contributed by atoms with Gasteiger partial charge in [0, 0.05) is 31.9 Å². The number of nitrogens with one attached hydrogen (secondary N) is 1. The second-order valence-electron chi connectivity index (χ2n) is 4.42. The summed E-state index contributed by atoms with van der Waals surface area (Å²) in [4.78, 5) is 6.38. The molecule has 1 atom stereocenters. The summed E-state index contributed by atoms with van der Waals surface area (Å²) in [5.74, 6) is 0. The number of nitrogen functional groups attached to an aromatic ring is 1. The predicted octanol–water partition coefficient (Wildman–Crippen LogP) is 0.796. The fourth-order valence-corrected chi connectivity index (χ4v) is 2.02. The number of nitrogens with two attached hydrogens (primary N) is 1. The lowest BCUT2D eigenvalue weighted by molar-refractivity contribution is 0.0368. The number of nitrogens with zero attached hydrogens (tertiary/aromatic N) is 2. The van der Waals surface area contributed by atoms with E-state index in [1.54, 1.807) is 12.4 Å². The van der Waals surface area contributed by atoms with Crippen LogP contribution in [0.5, 0.6) is 0 Å². The quantitative estimate of drug-likeness (QED) is 0.809. The molecule has 0 saturated carbocycles. The Kier molecular flexibility index (Phi) is 4.17. The van der Waals surface area contributed by atoms with Gasteiger partial charge in [0.2, 0.25) is 0 Å². The molecule has 1 aliphatic heterocycles. The van der Waals surface area contributed by atoms with E-state index in [0.29, 0.717) is 11.7 Å². The average molecular weight is 236 g/mol. The third-order valence-corrected chi connectivity index (χ3v) is 2.89. The van der Waals surface area contributed by atoms with Crippen molar-refractivity contribution in [3.63, 3.8) is 0 Å². The summed E-state index contributed by atoms with van der Waals surface area (Å²) in [6, 6.07) is 2.27. The van der Waals surface area contributed by atoms with E-state index in [0.717, 1.165) is 38.5 Å². The van der Waals surface area contributed by atoms with Gasteiger partial charge in [-0.3, -0.25) is 9.88 Å². The highest BCUT2D eigenvalue weighted by atomic mass is 16.5. The van der Waals surface area contributed by atoms with Gasteiger partial charge in [0.1, 0.15) is 0 Å². The van der Waals surface area contributed by atoms with E-state index in [1.165, 1.54) is 0 Å². The number of rotatable bonds is 4. The van der Waals surface area contributed by atoms with Crippen LogP contribution < -0.4 is 11.1 Å². The molecule has 1 fully saturated rings. The predicted molar refractivity (Wildman–Crippen MR) is 69.0 cm³/mol. The Labute approximate surface area is 102 Å². The van der Waals surface area contributed by atoms with Crippen molar-refractivity contribution >= 4 is 11.4 Å². The van der Waals surface area contributed by atoms with Crippen LogP contribution in [0.15, 0.2) is 18.5 Å². The van der Waals surface area contributed by atoms with E-state index in [-0.39, 0.29) is 0 Å². The van der Waals surface area contributed by atoms with Gasteiger partial charge in [-0.15, -0.1) is 0 Å². The largest absolute Gasteiger partial charge is 0.396 e. The van der Waals surface area contributed by atoms with Crippen LogP contribution in [0.2, 0.25) is 0 Å². The summed E-state index contributed by atoms with van der Waals surface area (Å²) in [5, 5.41) is 3.41. The molecule has 0 spiro atoms. The number of hydrogen-bond donors (Lipinski definition) is 2. The number of morpholine rings is 1. The molecule has 2 rings (SSSR count). The number of ether oxygens (including phenoxy) is 1. The van der Waals surface area contributed by atoms with Crippen LogP contribution in [0.25, 0.3) is 0 Å². The lowest BCUT2D eigenvalue weighted by Crippen LogP contribution is -2.42. The third kappa shape index (κ3) is 3.57. The topological polar surface area (TPSA) is 63.4 Å². The summed E-state index contributed by atoms with van der Waals surface area (Å²) in [7, 11) is 0.